The molecule has 23 heavy (non-hydrogen) atoms. The molecule has 0 unspecified atom stereocenters. The number of anilines is 1. The Hall–Kier alpha value is -2.21. The standard InChI is InChI=1S/C17H20N4O2/c1-17(23)8-13(9-17)19-16(22)12-7-11-3-4-14(21-5-2-6-21)20-15(11)18-10-12/h3-4,7,10,13,23H,2,5-6,8-9H2,1H3,(H,19,22)/t13-,17+. The van der Waals surface area contributed by atoms with E-state index in [2.05, 4.69) is 20.2 Å². The van der Waals surface area contributed by atoms with Gasteiger partial charge in [-0.2, -0.15) is 0 Å². The molecule has 120 valence electrons. The number of nitrogens with zero attached hydrogens (tertiary/aromatic N) is 3. The third-order valence-electron chi connectivity index (χ3n) is 4.68. The number of pyridine rings is 2. The van der Waals surface area contributed by atoms with Crippen LogP contribution in [-0.2, 0) is 0 Å². The van der Waals surface area contributed by atoms with Crippen LogP contribution >= 0.6 is 0 Å². The molecule has 1 aliphatic heterocycles. The van der Waals surface area contributed by atoms with Gasteiger partial charge >= 0.3 is 0 Å². The minimum absolute atomic E-state index is 0.0418. The first kappa shape index (κ1) is 14.4. The van der Waals surface area contributed by atoms with Crippen LogP contribution in [0.3, 0.4) is 0 Å². The second-order valence-corrected chi connectivity index (χ2v) is 6.86. The summed E-state index contributed by atoms with van der Waals surface area (Å²) in [5.74, 6) is 0.803. The predicted octanol–water partition coefficient (Wildman–Crippen LogP) is 1.48. The molecular weight excluding hydrogens is 292 g/mol. The van der Waals surface area contributed by atoms with Crippen LogP contribution in [0.4, 0.5) is 5.82 Å². The van der Waals surface area contributed by atoms with Gasteiger partial charge in [-0.15, -0.1) is 0 Å². The maximum Gasteiger partial charge on any atom is 0.253 e. The van der Waals surface area contributed by atoms with Crippen molar-refractivity contribution in [3.05, 3.63) is 30.0 Å². The van der Waals surface area contributed by atoms with Gasteiger partial charge in [0.05, 0.1) is 11.2 Å². The Morgan fingerprint density at radius 2 is 2.17 bits per heavy atom. The minimum atomic E-state index is -0.642. The number of aromatic nitrogens is 2. The van der Waals surface area contributed by atoms with E-state index in [1.165, 1.54) is 6.42 Å². The summed E-state index contributed by atoms with van der Waals surface area (Å²) in [6.07, 6.45) is 3.97. The van der Waals surface area contributed by atoms with Gasteiger partial charge < -0.3 is 15.3 Å². The average Bonchev–Trinajstić information content (AvgIpc) is 2.43. The maximum absolute atomic E-state index is 12.3. The molecule has 1 saturated carbocycles. The zero-order valence-electron chi connectivity index (χ0n) is 13.1. The van der Waals surface area contributed by atoms with E-state index in [9.17, 15) is 9.90 Å². The van der Waals surface area contributed by atoms with Gasteiger partial charge in [-0.25, -0.2) is 9.97 Å². The van der Waals surface area contributed by atoms with E-state index in [4.69, 9.17) is 0 Å². The minimum Gasteiger partial charge on any atom is -0.390 e. The molecule has 0 bridgehead atoms. The van der Waals surface area contributed by atoms with Gasteiger partial charge in [-0.1, -0.05) is 0 Å². The summed E-state index contributed by atoms with van der Waals surface area (Å²) >= 11 is 0. The van der Waals surface area contributed by atoms with Crippen LogP contribution in [0.2, 0.25) is 0 Å². The van der Waals surface area contributed by atoms with Crippen LogP contribution in [0.25, 0.3) is 11.0 Å². The zero-order valence-corrected chi connectivity index (χ0v) is 13.1. The number of hydrogen-bond donors (Lipinski definition) is 2. The molecule has 1 amide bonds. The Kier molecular flexibility index (Phi) is 3.23. The molecule has 0 radical (unpaired) electrons. The van der Waals surface area contributed by atoms with Crippen molar-refractivity contribution < 1.29 is 9.90 Å². The molecule has 0 aromatic carbocycles. The molecule has 2 aromatic rings. The van der Waals surface area contributed by atoms with Gasteiger partial charge in [-0.3, -0.25) is 4.79 Å². The maximum atomic E-state index is 12.3. The molecule has 0 spiro atoms. The first-order valence-electron chi connectivity index (χ1n) is 8.05. The highest BCUT2D eigenvalue weighted by atomic mass is 16.3. The molecule has 2 aromatic heterocycles. The quantitative estimate of drug-likeness (QED) is 0.897. The molecule has 2 N–H and O–H groups in total. The molecule has 2 fully saturated rings. The van der Waals surface area contributed by atoms with Gasteiger partial charge in [0.1, 0.15) is 5.82 Å². The lowest BCUT2D eigenvalue weighted by atomic mass is 9.77. The largest absolute Gasteiger partial charge is 0.390 e. The third kappa shape index (κ3) is 2.74. The molecular formula is C17H20N4O2. The average molecular weight is 312 g/mol. The summed E-state index contributed by atoms with van der Waals surface area (Å²) in [6, 6.07) is 5.81. The summed E-state index contributed by atoms with van der Waals surface area (Å²) < 4.78 is 0. The Morgan fingerprint density at radius 3 is 2.83 bits per heavy atom. The van der Waals surface area contributed by atoms with Gasteiger partial charge in [0, 0.05) is 30.7 Å². The summed E-state index contributed by atoms with van der Waals surface area (Å²) in [7, 11) is 0. The normalized spacial score (nSPS) is 26.5. The van der Waals surface area contributed by atoms with Crippen molar-refractivity contribution >= 4 is 22.8 Å². The van der Waals surface area contributed by atoms with E-state index in [1.54, 1.807) is 13.1 Å². The number of carbonyl (C=O) groups excluding carboxylic acids is 1. The highest BCUT2D eigenvalue weighted by molar-refractivity contribution is 5.97. The van der Waals surface area contributed by atoms with E-state index < -0.39 is 5.60 Å². The zero-order chi connectivity index (χ0) is 16.0. The molecule has 1 saturated heterocycles. The smallest absolute Gasteiger partial charge is 0.253 e. The number of carbonyl (C=O) groups is 1. The fraction of sp³-hybridized carbons (Fsp3) is 0.471. The van der Waals surface area contributed by atoms with Crippen molar-refractivity contribution in [2.75, 3.05) is 18.0 Å². The van der Waals surface area contributed by atoms with Crippen molar-refractivity contribution in [3.63, 3.8) is 0 Å². The fourth-order valence-corrected chi connectivity index (χ4v) is 3.22. The molecule has 6 nitrogen and oxygen atoms in total. The second-order valence-electron chi connectivity index (χ2n) is 6.86. The van der Waals surface area contributed by atoms with Crippen LogP contribution < -0.4 is 10.2 Å². The van der Waals surface area contributed by atoms with Crippen LogP contribution in [0.5, 0.6) is 0 Å². The van der Waals surface area contributed by atoms with Crippen molar-refractivity contribution in [1.29, 1.82) is 0 Å². The molecule has 4 rings (SSSR count). The Balaban J connectivity index is 1.51. The highest BCUT2D eigenvalue weighted by Crippen LogP contribution is 2.31. The number of nitrogens with one attached hydrogen (secondary N) is 1. The van der Waals surface area contributed by atoms with E-state index in [0.29, 0.717) is 24.1 Å². The summed E-state index contributed by atoms with van der Waals surface area (Å²) in [5, 5.41) is 13.5. The molecule has 0 atom stereocenters. The van der Waals surface area contributed by atoms with E-state index in [1.807, 2.05) is 18.2 Å². The number of hydrogen-bond acceptors (Lipinski definition) is 5. The van der Waals surface area contributed by atoms with Gasteiger partial charge in [0.25, 0.3) is 5.91 Å². The highest BCUT2D eigenvalue weighted by Gasteiger charge is 2.39. The molecule has 6 heteroatoms. The molecule has 3 heterocycles. The Morgan fingerprint density at radius 1 is 1.39 bits per heavy atom. The lowest BCUT2D eigenvalue weighted by Gasteiger charge is -2.41. The summed E-state index contributed by atoms with van der Waals surface area (Å²) in [4.78, 5) is 23.4. The third-order valence-corrected chi connectivity index (χ3v) is 4.68. The monoisotopic (exact) mass is 312 g/mol. The fourth-order valence-electron chi connectivity index (χ4n) is 3.22. The predicted molar refractivity (Wildman–Crippen MR) is 87.5 cm³/mol. The van der Waals surface area contributed by atoms with Crippen LogP contribution in [-0.4, -0.2) is 45.7 Å². The molecule has 2 aliphatic rings. The second kappa shape index (κ2) is 5.16. The van der Waals surface area contributed by atoms with E-state index in [0.717, 1.165) is 24.3 Å². The molecule has 1 aliphatic carbocycles. The van der Waals surface area contributed by atoms with Crippen LogP contribution in [0, 0.1) is 0 Å². The Bertz CT molecular complexity index is 762. The van der Waals surface area contributed by atoms with Crippen molar-refractivity contribution in [1.82, 2.24) is 15.3 Å². The van der Waals surface area contributed by atoms with Crippen molar-refractivity contribution in [3.8, 4) is 0 Å². The van der Waals surface area contributed by atoms with Gasteiger partial charge in [0.2, 0.25) is 0 Å². The number of aliphatic hydroxyl groups is 1. The topological polar surface area (TPSA) is 78.3 Å². The first-order chi connectivity index (χ1) is 11.0. The first-order valence-corrected chi connectivity index (χ1v) is 8.05. The van der Waals surface area contributed by atoms with E-state index >= 15 is 0 Å². The lowest BCUT2D eigenvalue weighted by molar-refractivity contribution is -0.0366. The van der Waals surface area contributed by atoms with Crippen molar-refractivity contribution in [2.24, 2.45) is 0 Å². The summed E-state index contributed by atoms with van der Waals surface area (Å²) in [5.41, 5.74) is 0.552. The lowest BCUT2D eigenvalue weighted by Crippen LogP contribution is -2.53. The summed E-state index contributed by atoms with van der Waals surface area (Å²) in [6.45, 7) is 3.88. The van der Waals surface area contributed by atoms with Gasteiger partial charge in [-0.05, 0) is 44.4 Å². The van der Waals surface area contributed by atoms with Crippen LogP contribution in [0.1, 0.15) is 36.5 Å². The number of amides is 1. The van der Waals surface area contributed by atoms with Gasteiger partial charge in [0.15, 0.2) is 5.65 Å². The van der Waals surface area contributed by atoms with Crippen LogP contribution in [0.15, 0.2) is 24.4 Å². The van der Waals surface area contributed by atoms with Crippen molar-refractivity contribution in [2.45, 2.75) is 37.8 Å². The number of rotatable bonds is 3. The van der Waals surface area contributed by atoms with E-state index in [-0.39, 0.29) is 11.9 Å². The SMILES string of the molecule is C[C@]1(O)C[C@@H](NC(=O)c2cnc3nc(N4CCC4)ccc3c2)C1. The Labute approximate surface area is 134 Å². The number of fused-ring (bicyclic) bond motifs is 1.